The minimum atomic E-state index is -0.479. The lowest BCUT2D eigenvalue weighted by atomic mass is 10.2. The molecule has 0 unspecified atom stereocenters. The SMILES string of the molecule is CC(C)COCCn1nnnc1-c1ccc(N)c(F)c1. The van der Waals surface area contributed by atoms with Crippen LogP contribution in [0, 0.1) is 11.7 Å². The van der Waals surface area contributed by atoms with Gasteiger partial charge in [0.25, 0.3) is 0 Å². The van der Waals surface area contributed by atoms with Gasteiger partial charge < -0.3 is 10.5 Å². The van der Waals surface area contributed by atoms with E-state index in [4.69, 9.17) is 10.5 Å². The Kier molecular flexibility index (Phi) is 4.62. The van der Waals surface area contributed by atoms with E-state index in [9.17, 15) is 4.39 Å². The highest BCUT2D eigenvalue weighted by Gasteiger charge is 2.10. The molecule has 0 saturated carbocycles. The molecule has 0 saturated heterocycles. The van der Waals surface area contributed by atoms with Crippen LogP contribution in [0.5, 0.6) is 0 Å². The second kappa shape index (κ2) is 6.42. The highest BCUT2D eigenvalue weighted by Crippen LogP contribution is 2.20. The van der Waals surface area contributed by atoms with Crippen molar-refractivity contribution in [1.29, 1.82) is 0 Å². The number of nitrogens with two attached hydrogens (primary N) is 1. The molecule has 0 spiro atoms. The summed E-state index contributed by atoms with van der Waals surface area (Å²) in [5, 5.41) is 11.4. The van der Waals surface area contributed by atoms with Crippen molar-refractivity contribution < 1.29 is 9.13 Å². The predicted molar refractivity (Wildman–Crippen MR) is 73.3 cm³/mol. The number of benzene rings is 1. The number of halogens is 1. The zero-order valence-corrected chi connectivity index (χ0v) is 11.6. The molecule has 2 rings (SSSR count). The van der Waals surface area contributed by atoms with Gasteiger partial charge in [-0.2, -0.15) is 0 Å². The van der Waals surface area contributed by atoms with Gasteiger partial charge in [0.2, 0.25) is 0 Å². The summed E-state index contributed by atoms with van der Waals surface area (Å²) in [6.45, 7) is 5.88. The molecule has 20 heavy (non-hydrogen) atoms. The Labute approximate surface area is 116 Å². The van der Waals surface area contributed by atoms with Gasteiger partial charge in [0.05, 0.1) is 18.8 Å². The maximum Gasteiger partial charge on any atom is 0.182 e. The molecule has 2 N–H and O–H groups in total. The van der Waals surface area contributed by atoms with Gasteiger partial charge in [-0.1, -0.05) is 13.8 Å². The van der Waals surface area contributed by atoms with E-state index in [1.165, 1.54) is 12.1 Å². The first kappa shape index (κ1) is 14.4. The van der Waals surface area contributed by atoms with Crippen LogP contribution in [0.4, 0.5) is 10.1 Å². The molecular formula is C13H18FN5O. The van der Waals surface area contributed by atoms with Crippen LogP contribution >= 0.6 is 0 Å². The molecule has 108 valence electrons. The van der Waals surface area contributed by atoms with E-state index in [1.54, 1.807) is 10.7 Å². The average molecular weight is 279 g/mol. The van der Waals surface area contributed by atoms with Gasteiger partial charge in [-0.15, -0.1) is 5.10 Å². The predicted octanol–water partition coefficient (Wildman–Crippen LogP) is 1.73. The van der Waals surface area contributed by atoms with Crippen molar-refractivity contribution in [2.45, 2.75) is 20.4 Å². The van der Waals surface area contributed by atoms with Crippen LogP contribution in [0.3, 0.4) is 0 Å². The molecular weight excluding hydrogens is 261 g/mol. The van der Waals surface area contributed by atoms with Crippen molar-refractivity contribution in [3.05, 3.63) is 24.0 Å². The quantitative estimate of drug-likeness (QED) is 0.643. The summed E-state index contributed by atoms with van der Waals surface area (Å²) in [7, 11) is 0. The summed E-state index contributed by atoms with van der Waals surface area (Å²) >= 11 is 0. The van der Waals surface area contributed by atoms with Gasteiger partial charge in [-0.05, 0) is 34.5 Å². The Bertz CT molecular complexity index is 570. The molecule has 6 nitrogen and oxygen atoms in total. The lowest BCUT2D eigenvalue weighted by Gasteiger charge is -2.08. The second-order valence-corrected chi connectivity index (χ2v) is 4.93. The zero-order chi connectivity index (χ0) is 14.5. The molecule has 0 fully saturated rings. The van der Waals surface area contributed by atoms with Crippen LogP contribution in [0.1, 0.15) is 13.8 Å². The van der Waals surface area contributed by atoms with Crippen molar-refractivity contribution >= 4 is 5.69 Å². The van der Waals surface area contributed by atoms with Crippen LogP contribution in [-0.4, -0.2) is 33.4 Å². The molecule has 0 aliphatic heterocycles. The molecule has 7 heteroatoms. The Morgan fingerprint density at radius 3 is 2.90 bits per heavy atom. The number of nitrogen functional groups attached to an aromatic ring is 1. The molecule has 2 aromatic rings. The number of rotatable bonds is 6. The van der Waals surface area contributed by atoms with Crippen LogP contribution in [0.15, 0.2) is 18.2 Å². The van der Waals surface area contributed by atoms with Crippen LogP contribution in [0.25, 0.3) is 11.4 Å². The topological polar surface area (TPSA) is 78.8 Å². The molecule has 0 aliphatic carbocycles. The second-order valence-electron chi connectivity index (χ2n) is 4.93. The van der Waals surface area contributed by atoms with Crippen molar-refractivity contribution in [3.8, 4) is 11.4 Å². The van der Waals surface area contributed by atoms with Gasteiger partial charge in [0.15, 0.2) is 5.82 Å². The number of anilines is 1. The molecule has 0 aliphatic rings. The lowest BCUT2D eigenvalue weighted by molar-refractivity contribution is 0.101. The summed E-state index contributed by atoms with van der Waals surface area (Å²) < 4.78 is 20.6. The first-order chi connectivity index (χ1) is 9.58. The average Bonchev–Trinajstić information content (AvgIpc) is 2.86. The minimum absolute atomic E-state index is 0.105. The highest BCUT2D eigenvalue weighted by atomic mass is 19.1. The number of nitrogens with zero attached hydrogens (tertiary/aromatic N) is 4. The maximum atomic E-state index is 13.5. The first-order valence-electron chi connectivity index (χ1n) is 6.47. The van der Waals surface area contributed by atoms with Crippen molar-refractivity contribution in [3.63, 3.8) is 0 Å². The fraction of sp³-hybridized carbons (Fsp3) is 0.462. The fourth-order valence-corrected chi connectivity index (χ4v) is 1.70. The molecule has 0 bridgehead atoms. The van der Waals surface area contributed by atoms with Gasteiger partial charge in [-0.25, -0.2) is 9.07 Å². The van der Waals surface area contributed by atoms with E-state index in [0.29, 0.717) is 37.1 Å². The van der Waals surface area contributed by atoms with Gasteiger partial charge in [0.1, 0.15) is 5.82 Å². The fourth-order valence-electron chi connectivity index (χ4n) is 1.70. The third-order valence-corrected chi connectivity index (χ3v) is 2.69. The van der Waals surface area contributed by atoms with E-state index >= 15 is 0 Å². The number of aromatic nitrogens is 4. The molecule has 0 amide bonds. The Balaban J connectivity index is 2.06. The van der Waals surface area contributed by atoms with Crippen molar-refractivity contribution in [2.75, 3.05) is 18.9 Å². The number of tetrazole rings is 1. The summed E-state index contributed by atoms with van der Waals surface area (Å²) in [6.07, 6.45) is 0. The minimum Gasteiger partial charge on any atom is -0.396 e. The summed E-state index contributed by atoms with van der Waals surface area (Å²) in [5.74, 6) is 0.500. The van der Waals surface area contributed by atoms with Crippen molar-refractivity contribution in [1.82, 2.24) is 20.2 Å². The number of hydrogen-bond donors (Lipinski definition) is 1. The molecule has 1 aromatic heterocycles. The standard InChI is InChI=1S/C13H18FN5O/c1-9(2)8-20-6-5-19-13(16-17-18-19)10-3-4-12(15)11(14)7-10/h3-4,7,9H,5-6,8,15H2,1-2H3. The number of ether oxygens (including phenoxy) is 1. The third kappa shape index (κ3) is 3.51. The maximum absolute atomic E-state index is 13.5. The third-order valence-electron chi connectivity index (χ3n) is 2.69. The monoisotopic (exact) mass is 279 g/mol. The van der Waals surface area contributed by atoms with E-state index < -0.39 is 5.82 Å². The lowest BCUT2D eigenvalue weighted by Crippen LogP contribution is -2.11. The first-order valence-corrected chi connectivity index (χ1v) is 6.47. The van der Waals surface area contributed by atoms with Gasteiger partial charge >= 0.3 is 0 Å². The summed E-state index contributed by atoms with van der Waals surface area (Å²) in [6, 6.07) is 4.51. The van der Waals surface area contributed by atoms with E-state index in [2.05, 4.69) is 29.4 Å². The van der Waals surface area contributed by atoms with Crippen LogP contribution < -0.4 is 5.73 Å². The van der Waals surface area contributed by atoms with E-state index in [-0.39, 0.29) is 5.69 Å². The zero-order valence-electron chi connectivity index (χ0n) is 11.6. The van der Waals surface area contributed by atoms with Gasteiger partial charge in [0, 0.05) is 12.2 Å². The Morgan fingerprint density at radius 2 is 2.20 bits per heavy atom. The Hall–Kier alpha value is -2.02. The van der Waals surface area contributed by atoms with Crippen LogP contribution in [-0.2, 0) is 11.3 Å². The van der Waals surface area contributed by atoms with E-state index in [1.807, 2.05) is 0 Å². The van der Waals surface area contributed by atoms with Crippen molar-refractivity contribution in [2.24, 2.45) is 5.92 Å². The largest absolute Gasteiger partial charge is 0.396 e. The molecule has 0 atom stereocenters. The highest BCUT2D eigenvalue weighted by molar-refractivity contribution is 5.58. The summed E-state index contributed by atoms with van der Waals surface area (Å²) in [4.78, 5) is 0. The normalized spacial score (nSPS) is 11.2. The van der Waals surface area contributed by atoms with Crippen LogP contribution in [0.2, 0.25) is 0 Å². The summed E-state index contributed by atoms with van der Waals surface area (Å²) in [5.41, 5.74) is 6.15. The number of hydrogen-bond acceptors (Lipinski definition) is 5. The molecule has 1 aromatic carbocycles. The van der Waals surface area contributed by atoms with E-state index in [0.717, 1.165) is 0 Å². The van der Waals surface area contributed by atoms with Gasteiger partial charge in [-0.3, -0.25) is 0 Å². The Morgan fingerprint density at radius 1 is 1.40 bits per heavy atom. The smallest absolute Gasteiger partial charge is 0.182 e. The molecule has 1 heterocycles. The molecule has 0 radical (unpaired) electrons.